The molecule has 2 fully saturated rings. The molecular weight excluding hydrogens is 336 g/mol. The van der Waals surface area contributed by atoms with Crippen LogP contribution in [0.25, 0.3) is 0 Å². The highest BCUT2D eigenvalue weighted by atomic mass is 16.3. The zero-order chi connectivity index (χ0) is 18.3. The summed E-state index contributed by atoms with van der Waals surface area (Å²) in [5, 5.41) is 9.38. The summed E-state index contributed by atoms with van der Waals surface area (Å²) in [4.78, 5) is 38.4. The van der Waals surface area contributed by atoms with Crippen molar-refractivity contribution in [2.24, 2.45) is 11.8 Å². The number of aromatic amines is 1. The number of aryl methyl sites for hydroxylation is 1. The van der Waals surface area contributed by atoms with E-state index in [1.54, 1.807) is 25.5 Å². The highest BCUT2D eigenvalue weighted by Crippen LogP contribution is 2.41. The summed E-state index contributed by atoms with van der Waals surface area (Å²) in [7, 11) is 0. The molecule has 2 N–H and O–H groups in total. The molecule has 1 saturated heterocycles. The van der Waals surface area contributed by atoms with Gasteiger partial charge in [0.1, 0.15) is 0 Å². The van der Waals surface area contributed by atoms with Crippen LogP contribution in [0.1, 0.15) is 28.2 Å². The number of rotatable bonds is 4. The van der Waals surface area contributed by atoms with Crippen LogP contribution in [0.2, 0.25) is 0 Å². The van der Waals surface area contributed by atoms with E-state index in [4.69, 9.17) is 4.42 Å². The van der Waals surface area contributed by atoms with Gasteiger partial charge in [-0.1, -0.05) is 0 Å². The molecule has 0 radical (unpaired) electrons. The van der Waals surface area contributed by atoms with E-state index in [2.05, 4.69) is 15.5 Å². The third-order valence-corrected chi connectivity index (χ3v) is 5.31. The van der Waals surface area contributed by atoms with E-state index in [1.165, 1.54) is 6.07 Å². The Bertz CT molecular complexity index is 889. The number of carbonyl (C=O) groups excluding carboxylic acids is 2. The summed E-state index contributed by atoms with van der Waals surface area (Å²) in [6.45, 7) is 3.06. The molecule has 2 amide bonds. The molecule has 8 nitrogen and oxygen atoms in total. The predicted octanol–water partition coefficient (Wildman–Crippen LogP) is 0.491. The number of carbonyl (C=O) groups is 2. The van der Waals surface area contributed by atoms with Crippen LogP contribution in [0.3, 0.4) is 0 Å². The Balaban J connectivity index is 1.35. The molecule has 3 heterocycles. The SMILES string of the molecule is Cc1cc(=O)c(C(=O)NC2CC3CN(C(=O)Cc4ccoc4)CC32)n[nH]1. The molecule has 136 valence electrons. The fourth-order valence-electron chi connectivity index (χ4n) is 3.85. The highest BCUT2D eigenvalue weighted by Gasteiger charge is 2.48. The van der Waals surface area contributed by atoms with Crippen molar-refractivity contribution in [3.8, 4) is 0 Å². The molecule has 4 rings (SSSR count). The summed E-state index contributed by atoms with van der Waals surface area (Å²) in [5.74, 6) is 0.245. The first-order valence-corrected chi connectivity index (χ1v) is 8.67. The molecule has 3 unspecified atom stereocenters. The number of likely N-dealkylation sites (tertiary alicyclic amines) is 1. The van der Waals surface area contributed by atoms with Crippen molar-refractivity contribution in [2.75, 3.05) is 13.1 Å². The van der Waals surface area contributed by atoms with Gasteiger partial charge in [-0.2, -0.15) is 5.10 Å². The fourth-order valence-corrected chi connectivity index (χ4v) is 3.85. The van der Waals surface area contributed by atoms with Crippen LogP contribution in [-0.4, -0.2) is 46.0 Å². The Hall–Kier alpha value is -2.90. The highest BCUT2D eigenvalue weighted by molar-refractivity contribution is 5.92. The zero-order valence-corrected chi connectivity index (χ0v) is 14.4. The number of hydrogen-bond acceptors (Lipinski definition) is 5. The molecule has 2 aliphatic rings. The second-order valence-corrected chi connectivity index (χ2v) is 7.11. The Kier molecular flexibility index (Phi) is 4.10. The standard InChI is InChI=1S/C18H20N4O4/c1-10-4-15(23)17(21-20-10)18(25)19-14-6-12-7-22(8-13(12)14)16(24)5-11-2-3-26-9-11/h2-4,9,12-14H,5-8H2,1H3,(H,19,25)(H,20,23). The zero-order valence-electron chi connectivity index (χ0n) is 14.4. The molecule has 3 atom stereocenters. The van der Waals surface area contributed by atoms with Gasteiger partial charge in [-0.25, -0.2) is 0 Å². The summed E-state index contributed by atoms with van der Waals surface area (Å²) in [6.07, 6.45) is 4.28. The lowest BCUT2D eigenvalue weighted by Crippen LogP contribution is -2.52. The third kappa shape index (κ3) is 3.02. The Morgan fingerprint density at radius 2 is 2.27 bits per heavy atom. The second kappa shape index (κ2) is 6.44. The van der Waals surface area contributed by atoms with E-state index in [9.17, 15) is 14.4 Å². The number of nitrogens with zero attached hydrogens (tertiary/aromatic N) is 2. The van der Waals surface area contributed by atoms with Crippen molar-refractivity contribution in [2.45, 2.75) is 25.8 Å². The second-order valence-electron chi connectivity index (χ2n) is 7.11. The van der Waals surface area contributed by atoms with Crippen LogP contribution >= 0.6 is 0 Å². The molecule has 2 aromatic rings. The maximum Gasteiger partial charge on any atom is 0.276 e. The minimum atomic E-state index is -0.460. The summed E-state index contributed by atoms with van der Waals surface area (Å²) >= 11 is 0. The molecule has 0 aromatic carbocycles. The summed E-state index contributed by atoms with van der Waals surface area (Å²) in [6, 6.07) is 3.12. The third-order valence-electron chi connectivity index (χ3n) is 5.31. The van der Waals surface area contributed by atoms with Crippen LogP contribution < -0.4 is 10.7 Å². The monoisotopic (exact) mass is 356 g/mol. The molecule has 1 aliphatic heterocycles. The molecule has 1 saturated carbocycles. The Labute approximate surface area is 149 Å². The van der Waals surface area contributed by atoms with Crippen molar-refractivity contribution in [1.29, 1.82) is 0 Å². The number of aromatic nitrogens is 2. The maximum absolute atomic E-state index is 12.4. The lowest BCUT2D eigenvalue weighted by molar-refractivity contribution is -0.129. The van der Waals surface area contributed by atoms with E-state index in [0.29, 0.717) is 24.6 Å². The lowest BCUT2D eigenvalue weighted by atomic mass is 9.71. The average molecular weight is 356 g/mol. The largest absolute Gasteiger partial charge is 0.472 e. The molecule has 2 aromatic heterocycles. The number of furan rings is 1. The van der Waals surface area contributed by atoms with Gasteiger partial charge >= 0.3 is 0 Å². The van der Waals surface area contributed by atoms with E-state index in [1.807, 2.05) is 4.90 Å². The van der Waals surface area contributed by atoms with Gasteiger partial charge in [0, 0.05) is 36.8 Å². The average Bonchev–Trinajstić information content (AvgIpc) is 3.20. The van der Waals surface area contributed by atoms with E-state index in [-0.39, 0.29) is 23.6 Å². The summed E-state index contributed by atoms with van der Waals surface area (Å²) < 4.78 is 5.00. The number of amides is 2. The van der Waals surface area contributed by atoms with E-state index < -0.39 is 11.3 Å². The normalized spacial score (nSPS) is 24.0. The number of fused-ring (bicyclic) bond motifs is 1. The van der Waals surface area contributed by atoms with Gasteiger partial charge in [0.25, 0.3) is 5.91 Å². The summed E-state index contributed by atoms with van der Waals surface area (Å²) in [5.41, 5.74) is 0.962. The first kappa shape index (κ1) is 16.6. The van der Waals surface area contributed by atoms with E-state index in [0.717, 1.165) is 18.5 Å². The van der Waals surface area contributed by atoms with Gasteiger partial charge in [-0.05, 0) is 30.9 Å². The van der Waals surface area contributed by atoms with Gasteiger partial charge in [-0.15, -0.1) is 0 Å². The topological polar surface area (TPSA) is 108 Å². The number of hydrogen-bond donors (Lipinski definition) is 2. The first-order valence-electron chi connectivity index (χ1n) is 8.67. The van der Waals surface area contributed by atoms with Crippen molar-refractivity contribution in [3.05, 3.63) is 51.8 Å². The van der Waals surface area contributed by atoms with Crippen LogP contribution in [0.15, 0.2) is 33.9 Å². The minimum Gasteiger partial charge on any atom is -0.472 e. The van der Waals surface area contributed by atoms with Crippen LogP contribution in [0.4, 0.5) is 0 Å². The van der Waals surface area contributed by atoms with Crippen molar-refractivity contribution in [1.82, 2.24) is 20.4 Å². The van der Waals surface area contributed by atoms with Crippen molar-refractivity contribution < 1.29 is 14.0 Å². The van der Waals surface area contributed by atoms with Gasteiger partial charge in [0.05, 0.1) is 18.9 Å². The lowest BCUT2D eigenvalue weighted by Gasteiger charge is -2.39. The predicted molar refractivity (Wildman–Crippen MR) is 91.4 cm³/mol. The Morgan fingerprint density at radius 1 is 1.42 bits per heavy atom. The smallest absolute Gasteiger partial charge is 0.276 e. The van der Waals surface area contributed by atoms with Crippen LogP contribution in [-0.2, 0) is 11.2 Å². The minimum absolute atomic E-state index is 0.0262. The molecular formula is C18H20N4O4. The fraction of sp³-hybridized carbons (Fsp3) is 0.444. The van der Waals surface area contributed by atoms with Gasteiger partial charge in [0.2, 0.25) is 11.3 Å². The quantitative estimate of drug-likeness (QED) is 0.829. The number of H-pyrrole nitrogens is 1. The van der Waals surface area contributed by atoms with E-state index >= 15 is 0 Å². The van der Waals surface area contributed by atoms with Crippen molar-refractivity contribution in [3.63, 3.8) is 0 Å². The molecule has 26 heavy (non-hydrogen) atoms. The molecule has 0 spiro atoms. The van der Waals surface area contributed by atoms with Gasteiger partial charge < -0.3 is 14.6 Å². The van der Waals surface area contributed by atoms with Crippen molar-refractivity contribution >= 4 is 11.8 Å². The molecule has 1 aliphatic carbocycles. The molecule has 0 bridgehead atoms. The Morgan fingerprint density at radius 3 is 3.00 bits per heavy atom. The maximum atomic E-state index is 12.4. The molecule has 8 heteroatoms. The van der Waals surface area contributed by atoms with Gasteiger partial charge in [0.15, 0.2) is 5.69 Å². The first-order chi connectivity index (χ1) is 12.5. The van der Waals surface area contributed by atoms with Crippen LogP contribution in [0, 0.1) is 18.8 Å². The van der Waals surface area contributed by atoms with Crippen LogP contribution in [0.5, 0.6) is 0 Å². The number of nitrogens with one attached hydrogen (secondary N) is 2. The van der Waals surface area contributed by atoms with Gasteiger partial charge in [-0.3, -0.25) is 19.5 Å².